The minimum atomic E-state index is -0.346. The lowest BCUT2D eigenvalue weighted by Gasteiger charge is -2.31. The molecule has 0 radical (unpaired) electrons. The molecule has 25 heavy (non-hydrogen) atoms. The molecule has 1 aliphatic rings. The lowest BCUT2D eigenvalue weighted by molar-refractivity contribution is 0.0617. The van der Waals surface area contributed by atoms with Gasteiger partial charge in [0.2, 0.25) is 11.8 Å². The van der Waals surface area contributed by atoms with E-state index in [1.807, 2.05) is 0 Å². The molecular weight excluding hydrogens is 314 g/mol. The molecule has 0 amide bonds. The Morgan fingerprint density at radius 3 is 2.68 bits per heavy atom. The van der Waals surface area contributed by atoms with Crippen LogP contribution in [0, 0.1) is 0 Å². The van der Waals surface area contributed by atoms with Gasteiger partial charge in [0.25, 0.3) is 0 Å². The predicted octanol–water partition coefficient (Wildman–Crippen LogP) is 2.29. The standard InChI is InChI=1S/C19H27N5O/c1-3-24(11-7-10-14-8-5-4-6-9-14)13-19(2)12-15-16(20)22-18(21)23-17(15)25-19/h4-6,8-9H,3,7,10-13H2,1-2H3,(H4,20,21,22,23)/t19-/m1/s1. The third-order valence-corrected chi connectivity index (χ3v) is 4.70. The van der Waals surface area contributed by atoms with Crippen molar-refractivity contribution in [2.45, 2.75) is 38.7 Å². The molecule has 6 nitrogen and oxygen atoms in total. The van der Waals surface area contributed by atoms with Crippen LogP contribution in [0.2, 0.25) is 0 Å². The number of nitrogens with zero attached hydrogens (tertiary/aromatic N) is 3. The summed E-state index contributed by atoms with van der Waals surface area (Å²) in [4.78, 5) is 10.7. The highest BCUT2D eigenvalue weighted by atomic mass is 16.5. The summed E-state index contributed by atoms with van der Waals surface area (Å²) in [5.41, 5.74) is 13.6. The third kappa shape index (κ3) is 4.20. The van der Waals surface area contributed by atoms with Crippen molar-refractivity contribution in [2.24, 2.45) is 0 Å². The van der Waals surface area contributed by atoms with Gasteiger partial charge in [-0.05, 0) is 38.4 Å². The molecule has 0 saturated carbocycles. The number of aromatic nitrogens is 2. The van der Waals surface area contributed by atoms with Gasteiger partial charge >= 0.3 is 0 Å². The van der Waals surface area contributed by atoms with Gasteiger partial charge in [-0.2, -0.15) is 9.97 Å². The molecule has 134 valence electrons. The number of anilines is 2. The molecule has 0 saturated heterocycles. The first-order valence-corrected chi connectivity index (χ1v) is 8.86. The zero-order valence-electron chi connectivity index (χ0n) is 15.0. The highest BCUT2D eigenvalue weighted by molar-refractivity contribution is 5.52. The first kappa shape index (κ1) is 17.5. The fourth-order valence-corrected chi connectivity index (χ4v) is 3.45. The summed E-state index contributed by atoms with van der Waals surface area (Å²) in [7, 11) is 0. The quantitative estimate of drug-likeness (QED) is 0.803. The first-order chi connectivity index (χ1) is 12.0. The van der Waals surface area contributed by atoms with Crippen LogP contribution in [0.15, 0.2) is 30.3 Å². The average Bonchev–Trinajstić information content (AvgIpc) is 2.91. The van der Waals surface area contributed by atoms with Crippen LogP contribution < -0.4 is 16.2 Å². The van der Waals surface area contributed by atoms with E-state index in [4.69, 9.17) is 16.2 Å². The molecule has 2 heterocycles. The molecule has 3 rings (SSSR count). The summed E-state index contributed by atoms with van der Waals surface area (Å²) in [5.74, 6) is 1.13. The largest absolute Gasteiger partial charge is 0.469 e. The van der Waals surface area contributed by atoms with Crippen molar-refractivity contribution in [3.63, 3.8) is 0 Å². The Labute approximate surface area is 149 Å². The van der Waals surface area contributed by atoms with E-state index in [0.717, 1.165) is 38.0 Å². The zero-order chi connectivity index (χ0) is 17.9. The van der Waals surface area contributed by atoms with Crippen molar-refractivity contribution < 1.29 is 4.74 Å². The molecule has 0 fully saturated rings. The van der Waals surface area contributed by atoms with E-state index in [9.17, 15) is 0 Å². The van der Waals surface area contributed by atoms with Crippen molar-refractivity contribution >= 4 is 11.8 Å². The summed E-state index contributed by atoms with van der Waals surface area (Å²) < 4.78 is 6.10. The van der Waals surface area contributed by atoms with Gasteiger partial charge in [0.15, 0.2) is 0 Å². The van der Waals surface area contributed by atoms with Crippen LogP contribution >= 0.6 is 0 Å². The topological polar surface area (TPSA) is 90.3 Å². The SMILES string of the molecule is CCN(CCCc1ccccc1)C[C@@]1(C)Cc2c(N)nc(N)nc2O1. The molecule has 0 unspecified atom stereocenters. The van der Waals surface area contributed by atoms with Gasteiger partial charge in [-0.25, -0.2) is 0 Å². The monoisotopic (exact) mass is 341 g/mol. The minimum absolute atomic E-state index is 0.163. The smallest absolute Gasteiger partial charge is 0.225 e. The first-order valence-electron chi connectivity index (χ1n) is 8.86. The van der Waals surface area contributed by atoms with E-state index in [1.165, 1.54) is 5.56 Å². The summed E-state index contributed by atoms with van der Waals surface area (Å²) in [6, 6.07) is 10.6. The second-order valence-corrected chi connectivity index (χ2v) is 6.94. The van der Waals surface area contributed by atoms with Crippen LogP contribution in [-0.2, 0) is 12.8 Å². The molecule has 1 aliphatic heterocycles. The molecular formula is C19H27N5O. The number of nitrogens with two attached hydrogens (primary N) is 2. The zero-order valence-corrected chi connectivity index (χ0v) is 15.0. The maximum absolute atomic E-state index is 6.10. The number of aryl methyl sites for hydroxylation is 1. The summed E-state index contributed by atoms with van der Waals surface area (Å²) in [6.45, 7) is 7.12. The van der Waals surface area contributed by atoms with Crippen molar-refractivity contribution in [3.8, 4) is 5.88 Å². The van der Waals surface area contributed by atoms with Crippen molar-refractivity contribution in [3.05, 3.63) is 41.5 Å². The summed E-state index contributed by atoms with van der Waals surface area (Å²) in [5, 5.41) is 0. The Balaban J connectivity index is 1.57. The highest BCUT2D eigenvalue weighted by Crippen LogP contribution is 2.37. The number of fused-ring (bicyclic) bond motifs is 1. The van der Waals surface area contributed by atoms with E-state index in [1.54, 1.807) is 0 Å². The molecule has 1 atom stereocenters. The van der Waals surface area contributed by atoms with Crippen molar-refractivity contribution in [2.75, 3.05) is 31.1 Å². The Bertz CT molecular complexity index is 721. The number of benzene rings is 1. The Morgan fingerprint density at radius 1 is 1.20 bits per heavy atom. The van der Waals surface area contributed by atoms with Gasteiger partial charge < -0.3 is 16.2 Å². The Morgan fingerprint density at radius 2 is 1.96 bits per heavy atom. The van der Waals surface area contributed by atoms with Gasteiger partial charge in [0, 0.05) is 13.0 Å². The average molecular weight is 341 g/mol. The van der Waals surface area contributed by atoms with Crippen molar-refractivity contribution in [1.82, 2.24) is 14.9 Å². The molecule has 0 bridgehead atoms. The summed E-state index contributed by atoms with van der Waals surface area (Å²) >= 11 is 0. The van der Waals surface area contributed by atoms with Gasteiger partial charge in [-0.1, -0.05) is 37.3 Å². The molecule has 2 aromatic rings. The fraction of sp³-hybridized carbons (Fsp3) is 0.474. The van der Waals surface area contributed by atoms with Crippen LogP contribution in [0.4, 0.5) is 11.8 Å². The normalized spacial score (nSPS) is 19.0. The molecule has 0 aliphatic carbocycles. The molecule has 6 heteroatoms. The van der Waals surface area contributed by atoms with Crippen LogP contribution in [-0.4, -0.2) is 40.1 Å². The second-order valence-electron chi connectivity index (χ2n) is 6.94. The Hall–Kier alpha value is -2.34. The Kier molecular flexibility index (Phi) is 5.08. The third-order valence-electron chi connectivity index (χ3n) is 4.70. The molecule has 4 N–H and O–H groups in total. The van der Waals surface area contributed by atoms with Crippen LogP contribution in [0.3, 0.4) is 0 Å². The van der Waals surface area contributed by atoms with E-state index in [2.05, 4.69) is 59.0 Å². The lowest BCUT2D eigenvalue weighted by Crippen LogP contribution is -2.44. The molecule has 0 spiro atoms. The van der Waals surface area contributed by atoms with Crippen LogP contribution in [0.5, 0.6) is 5.88 Å². The predicted molar refractivity (Wildman–Crippen MR) is 100 cm³/mol. The fourth-order valence-electron chi connectivity index (χ4n) is 3.45. The van der Waals surface area contributed by atoms with Gasteiger partial charge in [0.05, 0.1) is 5.56 Å². The minimum Gasteiger partial charge on any atom is -0.469 e. The highest BCUT2D eigenvalue weighted by Gasteiger charge is 2.39. The van der Waals surface area contributed by atoms with E-state index < -0.39 is 0 Å². The van der Waals surface area contributed by atoms with E-state index in [0.29, 0.717) is 18.1 Å². The number of hydrogen-bond donors (Lipinski definition) is 2. The number of likely N-dealkylation sites (N-methyl/N-ethyl adjacent to an activating group) is 1. The lowest BCUT2D eigenvalue weighted by atomic mass is 9.99. The summed E-state index contributed by atoms with van der Waals surface area (Å²) in [6.07, 6.45) is 2.92. The van der Waals surface area contributed by atoms with Crippen LogP contribution in [0.1, 0.15) is 31.4 Å². The number of hydrogen-bond acceptors (Lipinski definition) is 6. The van der Waals surface area contributed by atoms with Crippen LogP contribution in [0.25, 0.3) is 0 Å². The molecule has 1 aromatic heterocycles. The number of nitrogen functional groups attached to an aromatic ring is 2. The van der Waals surface area contributed by atoms with Gasteiger partial charge in [-0.3, -0.25) is 4.90 Å². The second kappa shape index (κ2) is 7.27. The van der Waals surface area contributed by atoms with Gasteiger partial charge in [0.1, 0.15) is 11.4 Å². The maximum Gasteiger partial charge on any atom is 0.225 e. The molecule has 1 aromatic carbocycles. The number of rotatable bonds is 7. The van der Waals surface area contributed by atoms with E-state index in [-0.39, 0.29) is 11.5 Å². The van der Waals surface area contributed by atoms with E-state index >= 15 is 0 Å². The number of ether oxygens (including phenoxy) is 1. The van der Waals surface area contributed by atoms with Crippen molar-refractivity contribution in [1.29, 1.82) is 0 Å². The maximum atomic E-state index is 6.10. The van der Waals surface area contributed by atoms with Gasteiger partial charge in [-0.15, -0.1) is 0 Å².